The van der Waals surface area contributed by atoms with Crippen LogP contribution in [0.25, 0.3) is 0 Å². The van der Waals surface area contributed by atoms with Crippen molar-refractivity contribution >= 4 is 11.6 Å². The van der Waals surface area contributed by atoms with Crippen molar-refractivity contribution in [2.45, 2.75) is 0 Å². The SMILES string of the molecule is C#Cc1c(Cl)[nH]c(=O)[nH]c1=O. The Morgan fingerprint density at radius 2 is 2.00 bits per heavy atom. The maximum atomic E-state index is 10.8. The molecule has 1 aromatic rings. The summed E-state index contributed by atoms with van der Waals surface area (Å²) >= 11 is 5.42. The van der Waals surface area contributed by atoms with Crippen LogP contribution in [0.1, 0.15) is 5.56 Å². The Hall–Kier alpha value is -1.47. The predicted octanol–water partition coefficient (Wildman–Crippen LogP) is -0.302. The van der Waals surface area contributed by atoms with Gasteiger partial charge >= 0.3 is 5.69 Å². The predicted molar refractivity (Wildman–Crippen MR) is 40.6 cm³/mol. The van der Waals surface area contributed by atoms with Crippen molar-refractivity contribution < 1.29 is 0 Å². The quantitative estimate of drug-likeness (QED) is 0.415. The second-order valence-corrected chi connectivity index (χ2v) is 2.12. The van der Waals surface area contributed by atoms with Gasteiger partial charge in [-0.1, -0.05) is 17.5 Å². The van der Waals surface area contributed by atoms with Crippen molar-refractivity contribution in [1.29, 1.82) is 0 Å². The van der Waals surface area contributed by atoms with Gasteiger partial charge in [0.05, 0.1) is 0 Å². The number of H-pyrrole nitrogens is 2. The van der Waals surface area contributed by atoms with E-state index in [4.69, 9.17) is 18.0 Å². The molecule has 0 aliphatic carbocycles. The standard InChI is InChI=1S/C6H3ClN2O2/c1-2-3-4(7)8-6(11)9-5(3)10/h1H,(H2,8,9,10,11). The molecule has 0 aromatic carbocycles. The number of hydrogen-bond donors (Lipinski definition) is 2. The van der Waals surface area contributed by atoms with Crippen LogP contribution < -0.4 is 11.2 Å². The molecule has 5 heteroatoms. The van der Waals surface area contributed by atoms with Gasteiger partial charge in [0, 0.05) is 0 Å². The fraction of sp³-hybridized carbons (Fsp3) is 0. The Labute approximate surface area is 66.2 Å². The average molecular weight is 171 g/mol. The van der Waals surface area contributed by atoms with E-state index in [1.165, 1.54) is 0 Å². The minimum atomic E-state index is -0.668. The van der Waals surface area contributed by atoms with Crippen LogP contribution in [0.4, 0.5) is 0 Å². The van der Waals surface area contributed by atoms with Gasteiger partial charge in [-0.2, -0.15) is 0 Å². The van der Waals surface area contributed by atoms with Gasteiger partial charge < -0.3 is 0 Å². The number of nitrogens with one attached hydrogen (secondary N) is 2. The van der Waals surface area contributed by atoms with Crippen molar-refractivity contribution in [2.75, 3.05) is 0 Å². The molecule has 11 heavy (non-hydrogen) atoms. The third-order valence-corrected chi connectivity index (χ3v) is 1.32. The lowest BCUT2D eigenvalue weighted by Gasteiger charge is -1.90. The summed E-state index contributed by atoms with van der Waals surface area (Å²) in [6, 6.07) is 0. The molecule has 0 saturated heterocycles. The van der Waals surface area contributed by atoms with Crippen LogP contribution in [0, 0.1) is 12.3 Å². The Balaban J connectivity index is 3.66. The van der Waals surface area contributed by atoms with E-state index < -0.39 is 11.2 Å². The van der Waals surface area contributed by atoms with Crippen molar-refractivity contribution in [2.24, 2.45) is 0 Å². The number of aromatic nitrogens is 2. The Bertz CT molecular complexity index is 423. The summed E-state index contributed by atoms with van der Waals surface area (Å²) in [5.41, 5.74) is -1.38. The first-order chi connectivity index (χ1) is 5.15. The molecular formula is C6H3ClN2O2. The molecule has 0 spiro atoms. The molecule has 0 unspecified atom stereocenters. The molecule has 4 nitrogen and oxygen atoms in total. The summed E-state index contributed by atoms with van der Waals surface area (Å²) < 4.78 is 0. The van der Waals surface area contributed by atoms with E-state index >= 15 is 0 Å². The molecule has 2 N–H and O–H groups in total. The second-order valence-electron chi connectivity index (χ2n) is 1.74. The number of halogens is 1. The van der Waals surface area contributed by atoms with Crippen molar-refractivity contribution in [3.63, 3.8) is 0 Å². The van der Waals surface area contributed by atoms with Crippen molar-refractivity contribution in [1.82, 2.24) is 9.97 Å². The van der Waals surface area contributed by atoms with E-state index in [-0.39, 0.29) is 10.7 Å². The molecule has 1 aromatic heterocycles. The highest BCUT2D eigenvalue weighted by Crippen LogP contribution is 2.01. The van der Waals surface area contributed by atoms with Gasteiger partial charge in [0.15, 0.2) is 0 Å². The molecule has 1 heterocycles. The first-order valence-corrected chi connectivity index (χ1v) is 3.01. The summed E-state index contributed by atoms with van der Waals surface area (Å²) in [6.45, 7) is 0. The van der Waals surface area contributed by atoms with Crippen LogP contribution in [0.3, 0.4) is 0 Å². The van der Waals surface area contributed by atoms with Gasteiger partial charge in [0.25, 0.3) is 5.56 Å². The van der Waals surface area contributed by atoms with Gasteiger partial charge in [-0.3, -0.25) is 14.8 Å². The summed E-state index contributed by atoms with van der Waals surface area (Å²) in [5.74, 6) is 2.04. The van der Waals surface area contributed by atoms with Crippen LogP contribution in [0.15, 0.2) is 9.59 Å². The zero-order valence-electron chi connectivity index (χ0n) is 5.27. The minimum absolute atomic E-state index is 0.0636. The maximum Gasteiger partial charge on any atom is 0.326 e. The van der Waals surface area contributed by atoms with Crippen LogP contribution >= 0.6 is 11.6 Å². The van der Waals surface area contributed by atoms with Crippen LogP contribution in [-0.2, 0) is 0 Å². The largest absolute Gasteiger partial charge is 0.326 e. The molecule has 0 atom stereocenters. The lowest BCUT2D eigenvalue weighted by Crippen LogP contribution is -2.24. The summed E-state index contributed by atoms with van der Waals surface area (Å²) in [7, 11) is 0. The number of terminal acetylenes is 1. The zero-order valence-corrected chi connectivity index (χ0v) is 6.03. The first-order valence-electron chi connectivity index (χ1n) is 2.64. The summed E-state index contributed by atoms with van der Waals surface area (Å²) in [4.78, 5) is 25.4. The Morgan fingerprint density at radius 3 is 2.45 bits per heavy atom. The molecular weight excluding hydrogens is 168 g/mol. The van der Waals surface area contributed by atoms with Gasteiger partial charge in [-0.05, 0) is 0 Å². The Morgan fingerprint density at radius 1 is 1.36 bits per heavy atom. The highest BCUT2D eigenvalue weighted by atomic mass is 35.5. The van der Waals surface area contributed by atoms with E-state index in [1.807, 2.05) is 10.9 Å². The zero-order chi connectivity index (χ0) is 8.43. The number of rotatable bonds is 0. The average Bonchev–Trinajstić information content (AvgIpc) is 1.85. The third-order valence-electron chi connectivity index (χ3n) is 1.04. The smallest absolute Gasteiger partial charge is 0.297 e. The summed E-state index contributed by atoms with van der Waals surface area (Å²) in [5, 5.41) is -0.110. The van der Waals surface area contributed by atoms with Crippen LogP contribution in [0.2, 0.25) is 5.15 Å². The van der Waals surface area contributed by atoms with Gasteiger partial charge in [0.2, 0.25) is 0 Å². The normalized spacial score (nSPS) is 9.09. The first kappa shape index (κ1) is 7.63. The number of aromatic amines is 2. The van der Waals surface area contributed by atoms with Gasteiger partial charge in [0.1, 0.15) is 10.7 Å². The monoisotopic (exact) mass is 170 g/mol. The second kappa shape index (κ2) is 2.64. The van der Waals surface area contributed by atoms with Crippen molar-refractivity contribution in [3.8, 4) is 12.3 Å². The highest BCUT2D eigenvalue weighted by molar-refractivity contribution is 6.30. The maximum absolute atomic E-state index is 10.8. The Kier molecular flexibility index (Phi) is 1.83. The van der Waals surface area contributed by atoms with Gasteiger partial charge in [-0.15, -0.1) is 6.42 Å². The molecule has 0 bridgehead atoms. The van der Waals surface area contributed by atoms with E-state index in [0.29, 0.717) is 0 Å². The minimum Gasteiger partial charge on any atom is -0.297 e. The molecule has 0 aliphatic heterocycles. The summed E-state index contributed by atoms with van der Waals surface area (Å²) in [6.07, 6.45) is 4.93. The molecule has 1 rings (SSSR count). The molecule has 0 amide bonds. The molecule has 0 aliphatic rings. The lowest BCUT2D eigenvalue weighted by molar-refractivity contribution is 1.03. The van der Waals surface area contributed by atoms with E-state index in [9.17, 15) is 9.59 Å². The van der Waals surface area contributed by atoms with E-state index in [2.05, 4.69) is 4.98 Å². The molecule has 0 saturated carbocycles. The van der Waals surface area contributed by atoms with Crippen molar-refractivity contribution in [3.05, 3.63) is 31.6 Å². The topological polar surface area (TPSA) is 65.7 Å². The van der Waals surface area contributed by atoms with Gasteiger partial charge in [-0.25, -0.2) is 4.79 Å². The molecule has 0 fully saturated rings. The molecule has 0 radical (unpaired) electrons. The van der Waals surface area contributed by atoms with Crippen LogP contribution in [-0.4, -0.2) is 9.97 Å². The fourth-order valence-corrected chi connectivity index (χ4v) is 0.814. The van der Waals surface area contributed by atoms with E-state index in [0.717, 1.165) is 0 Å². The van der Waals surface area contributed by atoms with Crippen LogP contribution in [0.5, 0.6) is 0 Å². The molecule has 56 valence electrons. The number of hydrogen-bond acceptors (Lipinski definition) is 2. The highest BCUT2D eigenvalue weighted by Gasteiger charge is 2.02. The lowest BCUT2D eigenvalue weighted by atomic mass is 10.3. The third kappa shape index (κ3) is 1.33. The van der Waals surface area contributed by atoms with E-state index in [1.54, 1.807) is 0 Å². The fourth-order valence-electron chi connectivity index (χ4n) is 0.588.